The normalized spacial score (nSPS) is 7.54. The van der Waals surface area contributed by atoms with Gasteiger partial charge in [0.15, 0.2) is 0 Å². The number of carbonyl (C=O) groups is 3. The van der Waals surface area contributed by atoms with Crippen molar-refractivity contribution in [2.24, 2.45) is 0 Å². The van der Waals surface area contributed by atoms with Crippen molar-refractivity contribution >= 4 is 17.9 Å². The molecule has 1 N–H and O–H groups in total. The van der Waals surface area contributed by atoms with Gasteiger partial charge < -0.3 is 9.84 Å². The van der Waals surface area contributed by atoms with E-state index in [-0.39, 0.29) is 6.42 Å². The number of ether oxygens (including phenoxy) is 1. The average Bonchev–Trinajstić information content (AvgIpc) is 1.83. The van der Waals surface area contributed by atoms with E-state index in [1.165, 1.54) is 19.9 Å². The molecule has 5 heteroatoms. The topological polar surface area (TPSA) is 80.7 Å². The molecule has 0 amide bonds. The van der Waals surface area contributed by atoms with Gasteiger partial charge in [-0.3, -0.25) is 14.4 Å². The highest BCUT2D eigenvalue weighted by molar-refractivity contribution is 5.82. The van der Waals surface area contributed by atoms with Gasteiger partial charge >= 0.3 is 17.9 Å². The maximum absolute atomic E-state index is 9.81. The van der Waals surface area contributed by atoms with Crippen LogP contribution in [0.25, 0.3) is 0 Å². The van der Waals surface area contributed by atoms with E-state index in [4.69, 9.17) is 5.11 Å². The van der Waals surface area contributed by atoms with Crippen LogP contribution < -0.4 is 0 Å². The minimum absolute atomic E-state index is 0.0556. The smallest absolute Gasteiger partial charge is 0.310 e. The number of carboxylic acid groups (broad SMARTS) is 1. The Kier molecular flexibility index (Phi) is 9.04. The molecule has 0 saturated carbocycles. The molecule has 5 nitrogen and oxygen atoms in total. The van der Waals surface area contributed by atoms with E-state index in [0.717, 1.165) is 0 Å². The summed E-state index contributed by atoms with van der Waals surface area (Å²) in [6.07, 6.45) is 1.41. The first-order valence-electron chi connectivity index (χ1n) is 3.41. The Morgan fingerprint density at radius 1 is 1.31 bits per heavy atom. The fourth-order valence-corrected chi connectivity index (χ4v) is 0.326. The van der Waals surface area contributed by atoms with Gasteiger partial charge in [-0.15, -0.1) is 6.58 Å². The van der Waals surface area contributed by atoms with E-state index in [1.54, 1.807) is 0 Å². The van der Waals surface area contributed by atoms with Gasteiger partial charge in [0.05, 0.1) is 6.42 Å². The molecule has 74 valence electrons. The number of aliphatic carboxylic acids is 1. The minimum atomic E-state index is -0.829. The molecule has 0 saturated heterocycles. The molecule has 0 aromatic heterocycles. The second kappa shape index (κ2) is 8.45. The summed E-state index contributed by atoms with van der Waals surface area (Å²) in [7, 11) is 0. The molecular weight excluding hydrogens is 176 g/mol. The van der Waals surface area contributed by atoms with E-state index < -0.39 is 17.9 Å². The second-order valence-electron chi connectivity index (χ2n) is 1.97. The average molecular weight is 188 g/mol. The lowest BCUT2D eigenvalue weighted by Gasteiger charge is -1.87. The van der Waals surface area contributed by atoms with E-state index in [9.17, 15) is 14.4 Å². The Morgan fingerprint density at radius 3 is 1.69 bits per heavy atom. The van der Waals surface area contributed by atoms with E-state index >= 15 is 0 Å². The number of hydrogen-bond acceptors (Lipinski definition) is 4. The molecule has 0 spiro atoms. The van der Waals surface area contributed by atoms with Crippen LogP contribution in [0.2, 0.25) is 0 Å². The van der Waals surface area contributed by atoms with Crippen LogP contribution in [-0.4, -0.2) is 23.0 Å². The largest absolute Gasteiger partial charge is 0.481 e. The number of hydrogen-bond donors (Lipinski definition) is 1. The maximum Gasteiger partial charge on any atom is 0.310 e. The number of rotatable bonds is 2. The van der Waals surface area contributed by atoms with Crippen molar-refractivity contribution in [1.82, 2.24) is 0 Å². The molecule has 0 radical (unpaired) electrons. The molecule has 0 unspecified atom stereocenters. The summed E-state index contributed by atoms with van der Waals surface area (Å²) < 4.78 is 3.97. The number of esters is 2. The molecule has 0 aliphatic rings. The Labute approximate surface area is 76.0 Å². The van der Waals surface area contributed by atoms with Gasteiger partial charge in [0.25, 0.3) is 0 Å². The van der Waals surface area contributed by atoms with Crippen molar-refractivity contribution in [2.75, 3.05) is 0 Å². The third-order valence-corrected chi connectivity index (χ3v) is 0.606. The first-order valence-corrected chi connectivity index (χ1v) is 3.41. The summed E-state index contributed by atoms with van der Waals surface area (Å²) in [5.41, 5.74) is 0. The lowest BCUT2D eigenvalue weighted by Crippen LogP contribution is -2.03. The summed E-state index contributed by atoms with van der Waals surface area (Å²) in [6.45, 7) is 5.58. The van der Waals surface area contributed by atoms with Crippen molar-refractivity contribution in [3.63, 3.8) is 0 Å². The molecular formula is C8H12O5. The zero-order chi connectivity index (χ0) is 10.9. The van der Waals surface area contributed by atoms with E-state index in [1.807, 2.05) is 0 Å². The van der Waals surface area contributed by atoms with Gasteiger partial charge in [0, 0.05) is 13.8 Å². The van der Waals surface area contributed by atoms with Gasteiger partial charge in [0.1, 0.15) is 0 Å². The summed E-state index contributed by atoms with van der Waals surface area (Å²) in [4.78, 5) is 29.2. The van der Waals surface area contributed by atoms with Crippen LogP contribution in [0.5, 0.6) is 0 Å². The van der Waals surface area contributed by atoms with Crippen molar-refractivity contribution in [1.29, 1.82) is 0 Å². The molecule has 0 fully saturated rings. The number of carbonyl (C=O) groups excluding carboxylic acids is 2. The Balaban J connectivity index is 0. The Hall–Kier alpha value is -1.65. The highest BCUT2D eigenvalue weighted by Crippen LogP contribution is 1.74. The van der Waals surface area contributed by atoms with Crippen LogP contribution in [0.4, 0.5) is 0 Å². The molecule has 0 aliphatic heterocycles. The third-order valence-electron chi connectivity index (χ3n) is 0.606. The SMILES string of the molecule is C=CCC(=O)O.CC(=O)OC(C)=O. The highest BCUT2D eigenvalue weighted by Gasteiger charge is 1.93. The summed E-state index contributed by atoms with van der Waals surface area (Å²) >= 11 is 0. The third kappa shape index (κ3) is 25.2. The first-order chi connectivity index (χ1) is 5.90. The minimum Gasteiger partial charge on any atom is -0.481 e. The van der Waals surface area contributed by atoms with Gasteiger partial charge in [-0.2, -0.15) is 0 Å². The van der Waals surface area contributed by atoms with Crippen LogP contribution in [-0.2, 0) is 19.1 Å². The van der Waals surface area contributed by atoms with E-state index in [0.29, 0.717) is 0 Å². The van der Waals surface area contributed by atoms with Crippen LogP contribution >= 0.6 is 0 Å². The molecule has 0 bridgehead atoms. The summed E-state index contributed by atoms with van der Waals surface area (Å²) in [5.74, 6) is -1.95. The van der Waals surface area contributed by atoms with Crippen LogP contribution in [0.15, 0.2) is 12.7 Å². The van der Waals surface area contributed by atoms with Gasteiger partial charge in [0.2, 0.25) is 0 Å². The van der Waals surface area contributed by atoms with Crippen LogP contribution in [0, 0.1) is 0 Å². The predicted octanol–water partition coefficient (Wildman–Crippen LogP) is 0.743. The summed E-state index contributed by atoms with van der Waals surface area (Å²) in [5, 5.41) is 7.84. The quantitative estimate of drug-likeness (QED) is 0.392. The van der Waals surface area contributed by atoms with Gasteiger partial charge in [-0.05, 0) is 0 Å². The van der Waals surface area contributed by atoms with Crippen molar-refractivity contribution in [3.05, 3.63) is 12.7 Å². The van der Waals surface area contributed by atoms with Crippen molar-refractivity contribution < 1.29 is 24.2 Å². The highest BCUT2D eigenvalue weighted by atomic mass is 16.6. The fourth-order valence-electron chi connectivity index (χ4n) is 0.326. The van der Waals surface area contributed by atoms with Crippen molar-refractivity contribution in [2.45, 2.75) is 20.3 Å². The lowest BCUT2D eigenvalue weighted by molar-refractivity contribution is -0.156. The van der Waals surface area contributed by atoms with Gasteiger partial charge in [-0.1, -0.05) is 6.08 Å². The fraction of sp³-hybridized carbons (Fsp3) is 0.375. The van der Waals surface area contributed by atoms with Gasteiger partial charge in [-0.25, -0.2) is 0 Å². The predicted molar refractivity (Wildman–Crippen MR) is 44.9 cm³/mol. The molecule has 0 heterocycles. The zero-order valence-electron chi connectivity index (χ0n) is 7.57. The molecule has 0 rings (SSSR count). The molecule has 0 aromatic rings. The van der Waals surface area contributed by atoms with Crippen LogP contribution in [0.1, 0.15) is 20.3 Å². The molecule has 13 heavy (non-hydrogen) atoms. The molecule has 0 aromatic carbocycles. The molecule has 0 atom stereocenters. The standard InChI is InChI=1S/C4H6O3.C4H6O2/c1-3(5)7-4(2)6;1-2-3-4(5)6/h1-2H3;2H,1,3H2,(H,5,6). The monoisotopic (exact) mass is 188 g/mol. The zero-order valence-corrected chi connectivity index (χ0v) is 7.57. The maximum atomic E-state index is 9.81. The molecule has 0 aliphatic carbocycles. The number of carboxylic acids is 1. The second-order valence-corrected chi connectivity index (χ2v) is 1.97. The summed E-state index contributed by atoms with van der Waals surface area (Å²) in [6, 6.07) is 0. The Bertz CT molecular complexity index is 195. The van der Waals surface area contributed by atoms with E-state index in [2.05, 4.69) is 11.3 Å². The van der Waals surface area contributed by atoms with Crippen molar-refractivity contribution in [3.8, 4) is 0 Å². The lowest BCUT2D eigenvalue weighted by atomic mass is 10.4. The van der Waals surface area contributed by atoms with Crippen LogP contribution in [0.3, 0.4) is 0 Å². The Morgan fingerprint density at radius 2 is 1.69 bits per heavy atom. The first kappa shape index (κ1) is 13.9.